The van der Waals surface area contributed by atoms with Crippen LogP contribution in [-0.4, -0.2) is 61.0 Å². The Hall–Kier alpha value is -4.01. The Bertz CT molecular complexity index is 1700. The molecule has 3 aromatic rings. The van der Waals surface area contributed by atoms with Crippen LogP contribution < -0.4 is 15.4 Å². The van der Waals surface area contributed by atoms with Crippen LogP contribution in [0.15, 0.2) is 67.3 Å². The number of rotatable bonds is 10. The van der Waals surface area contributed by atoms with Crippen LogP contribution in [0.5, 0.6) is 5.88 Å². The minimum Gasteiger partial charge on any atom is -0.472 e. The molecule has 2 aliphatic carbocycles. The molecule has 1 amide bonds. The van der Waals surface area contributed by atoms with E-state index in [4.69, 9.17) is 15.0 Å². The van der Waals surface area contributed by atoms with Crippen LogP contribution in [-0.2, 0) is 19.3 Å². The summed E-state index contributed by atoms with van der Waals surface area (Å²) in [6.07, 6.45) is 3.14. The summed E-state index contributed by atoms with van der Waals surface area (Å²) in [4.78, 5) is 31.2. The van der Waals surface area contributed by atoms with E-state index >= 15 is 0 Å². The molecule has 1 aliphatic heterocycles. The van der Waals surface area contributed by atoms with Gasteiger partial charge in [0.05, 0.1) is 34.2 Å². The smallest absolute Gasteiger partial charge is 0.354 e. The first-order valence-corrected chi connectivity index (χ1v) is 15.4. The van der Waals surface area contributed by atoms with Gasteiger partial charge in [-0.05, 0) is 48.9 Å². The highest BCUT2D eigenvalue weighted by molar-refractivity contribution is 8.18. The number of amides is 1. The fourth-order valence-electron chi connectivity index (χ4n) is 5.54. The van der Waals surface area contributed by atoms with Gasteiger partial charge in [0.15, 0.2) is 0 Å². The molecule has 208 valence electrons. The van der Waals surface area contributed by atoms with Crippen LogP contribution in [0.4, 0.5) is 0 Å². The van der Waals surface area contributed by atoms with Crippen molar-refractivity contribution in [2.24, 2.45) is 5.92 Å². The van der Waals surface area contributed by atoms with Crippen molar-refractivity contribution in [1.82, 2.24) is 15.6 Å². The third-order valence-corrected chi connectivity index (χ3v) is 10.4. The summed E-state index contributed by atoms with van der Waals surface area (Å²) in [5, 5.41) is 16.5. The molecule has 1 saturated heterocycles. The highest BCUT2D eigenvalue weighted by Gasteiger charge is 2.61. The molecule has 2 saturated carbocycles. The van der Waals surface area contributed by atoms with Crippen molar-refractivity contribution in [2.75, 3.05) is 6.54 Å². The van der Waals surface area contributed by atoms with Crippen LogP contribution >= 0.6 is 0 Å². The molecule has 3 aliphatic rings. The monoisotopic (exact) mass is 568 g/mol. The summed E-state index contributed by atoms with van der Waals surface area (Å²) in [6.45, 7) is 3.61. The van der Waals surface area contributed by atoms with Crippen LogP contribution in [0.25, 0.3) is 22.0 Å². The van der Waals surface area contributed by atoms with Gasteiger partial charge in [-0.25, -0.2) is 13.4 Å². The third kappa shape index (κ3) is 5.37. The normalized spacial score (nSPS) is 25.2. The molecule has 1 aromatic heterocycles. The molecular weight excluding hydrogens is 539 g/mol. The van der Waals surface area contributed by atoms with E-state index in [1.807, 2.05) is 42.5 Å². The summed E-state index contributed by atoms with van der Waals surface area (Å²) >= 11 is 0. The fourth-order valence-corrected chi connectivity index (χ4v) is 7.25. The third-order valence-electron chi connectivity index (χ3n) is 8.21. The molecule has 2 heterocycles. The van der Waals surface area contributed by atoms with Gasteiger partial charge in [-0.15, -0.1) is 6.58 Å². The van der Waals surface area contributed by atoms with E-state index in [1.165, 1.54) is 0 Å². The van der Waals surface area contributed by atoms with Gasteiger partial charge in [0, 0.05) is 29.8 Å². The van der Waals surface area contributed by atoms with Crippen molar-refractivity contribution in [3.63, 3.8) is 0 Å². The number of carbonyl (C=O) groups excluding carboxylic acids is 2. The molecule has 2 aromatic carbocycles. The molecule has 9 nitrogen and oxygen atoms in total. The number of nitriles is 1. The zero-order chi connectivity index (χ0) is 28.8. The maximum Gasteiger partial charge on any atom is 0.354 e. The zero-order valence-corrected chi connectivity index (χ0v) is 23.2. The second-order valence-electron chi connectivity index (χ2n) is 11.1. The standard InChI is InChI=1S/C30H29BN4O5S/c1-2-21-15-30(21,29(37)31-41(38,39)23-11-12-23)35-27(36)26-14-22(17-33-26)40-28-24-6-4-3-5-20(24)13-25(34-28)19-9-7-18(16-32)8-10-19/h2-10,13,21-23,26,31,33H,1,11-12,14-15,17H2,(H,35,36)/t21-,22-,26?,30-/m1/s1. The van der Waals surface area contributed by atoms with Gasteiger partial charge in [-0.2, -0.15) is 5.26 Å². The summed E-state index contributed by atoms with van der Waals surface area (Å²) in [6, 6.07) is 18.4. The molecule has 6 rings (SSSR count). The predicted octanol–water partition coefficient (Wildman–Crippen LogP) is 2.40. The van der Waals surface area contributed by atoms with Gasteiger partial charge in [0.2, 0.25) is 11.8 Å². The van der Waals surface area contributed by atoms with Crippen molar-refractivity contribution >= 4 is 38.6 Å². The van der Waals surface area contributed by atoms with Crippen molar-refractivity contribution in [3.05, 3.63) is 72.8 Å². The van der Waals surface area contributed by atoms with Crippen LogP contribution in [0.1, 0.15) is 31.2 Å². The number of aromatic nitrogens is 1. The Morgan fingerprint density at radius 2 is 1.95 bits per heavy atom. The molecule has 41 heavy (non-hydrogen) atoms. The molecule has 0 bridgehead atoms. The summed E-state index contributed by atoms with van der Waals surface area (Å²) < 4.78 is 31.3. The van der Waals surface area contributed by atoms with Crippen molar-refractivity contribution in [1.29, 1.82) is 5.26 Å². The van der Waals surface area contributed by atoms with E-state index in [9.17, 15) is 18.0 Å². The quantitative estimate of drug-likeness (QED) is 0.281. The van der Waals surface area contributed by atoms with Gasteiger partial charge in [0.1, 0.15) is 21.5 Å². The van der Waals surface area contributed by atoms with Gasteiger partial charge < -0.3 is 20.2 Å². The minimum atomic E-state index is -3.50. The Balaban J connectivity index is 1.16. The zero-order valence-electron chi connectivity index (χ0n) is 22.4. The molecule has 1 unspecified atom stereocenters. The van der Waals surface area contributed by atoms with E-state index in [2.05, 4.69) is 23.3 Å². The number of fused-ring (bicyclic) bond motifs is 1. The Morgan fingerprint density at radius 1 is 1.20 bits per heavy atom. The SMILES string of the molecule is C=C[C@@H]1C[C@]1(NC(=O)C1C[C@@H](Oc2nc(-c3ccc(C#N)cc3)cc3ccccc23)CN1)C(=O)BS(=O)(=O)C1CC1. The number of nitrogens with zero attached hydrogens (tertiary/aromatic N) is 2. The lowest BCUT2D eigenvalue weighted by Gasteiger charge is -2.20. The number of hydrogen-bond acceptors (Lipinski definition) is 8. The second-order valence-corrected chi connectivity index (χ2v) is 13.4. The summed E-state index contributed by atoms with van der Waals surface area (Å²) in [7, 11) is -3.50. The molecule has 11 heteroatoms. The molecule has 2 N–H and O–H groups in total. The lowest BCUT2D eigenvalue weighted by atomic mass is 9.89. The van der Waals surface area contributed by atoms with E-state index in [1.54, 1.807) is 18.2 Å². The van der Waals surface area contributed by atoms with E-state index < -0.39 is 38.8 Å². The van der Waals surface area contributed by atoms with Gasteiger partial charge in [-0.3, -0.25) is 4.79 Å². The second kappa shape index (κ2) is 10.4. The highest BCUT2D eigenvalue weighted by atomic mass is 32.2. The summed E-state index contributed by atoms with van der Waals surface area (Å²) in [5.41, 5.74) is 0.430. The Morgan fingerprint density at radius 3 is 2.63 bits per heavy atom. The predicted molar refractivity (Wildman–Crippen MR) is 156 cm³/mol. The highest BCUT2D eigenvalue weighted by Crippen LogP contribution is 2.46. The van der Waals surface area contributed by atoms with E-state index in [0.29, 0.717) is 49.4 Å². The number of benzene rings is 2. The molecule has 0 spiro atoms. The van der Waals surface area contributed by atoms with Crippen molar-refractivity contribution < 1.29 is 22.7 Å². The van der Waals surface area contributed by atoms with Crippen molar-refractivity contribution in [3.8, 4) is 23.2 Å². The van der Waals surface area contributed by atoms with Crippen LogP contribution in [0, 0.1) is 17.2 Å². The molecule has 3 fully saturated rings. The van der Waals surface area contributed by atoms with E-state index in [0.717, 1.165) is 16.3 Å². The minimum absolute atomic E-state index is 0.290. The maximum atomic E-state index is 13.3. The molecule has 0 radical (unpaired) electrons. The van der Waals surface area contributed by atoms with Crippen LogP contribution in [0.3, 0.4) is 0 Å². The molecular formula is C30H29BN4O5S. The summed E-state index contributed by atoms with van der Waals surface area (Å²) in [5.74, 6) is -0.203. The largest absolute Gasteiger partial charge is 0.472 e. The lowest BCUT2D eigenvalue weighted by Crippen LogP contribution is -2.53. The first kappa shape index (κ1) is 27.2. The van der Waals surface area contributed by atoms with Crippen molar-refractivity contribution in [2.45, 2.75) is 48.6 Å². The average molecular weight is 568 g/mol. The van der Waals surface area contributed by atoms with Gasteiger partial charge >= 0.3 is 6.56 Å². The molecule has 4 atom stereocenters. The first-order chi connectivity index (χ1) is 19.7. The number of nitrogens with one attached hydrogen (secondary N) is 2. The van der Waals surface area contributed by atoms with E-state index in [-0.39, 0.29) is 17.9 Å². The Kier molecular flexibility index (Phi) is 6.92. The first-order valence-electron chi connectivity index (χ1n) is 13.7. The number of carbonyl (C=O) groups is 2. The number of pyridine rings is 1. The topological polar surface area (TPSA) is 138 Å². The Labute approximate surface area is 239 Å². The fraction of sp³-hybridized carbons (Fsp3) is 0.333. The number of ether oxygens (including phenoxy) is 1. The average Bonchev–Trinajstić information content (AvgIpc) is 3.90. The maximum absolute atomic E-state index is 13.3. The van der Waals surface area contributed by atoms with Gasteiger partial charge in [-0.1, -0.05) is 36.4 Å². The number of hydrogen-bond donors (Lipinski definition) is 2. The van der Waals surface area contributed by atoms with Crippen LogP contribution in [0.2, 0.25) is 0 Å². The lowest BCUT2D eigenvalue weighted by molar-refractivity contribution is -0.127. The van der Waals surface area contributed by atoms with Gasteiger partial charge in [0.25, 0.3) is 0 Å².